The van der Waals surface area contributed by atoms with Gasteiger partial charge in [-0.25, -0.2) is 4.98 Å². The summed E-state index contributed by atoms with van der Waals surface area (Å²) in [7, 11) is 2.20. The normalized spacial score (nSPS) is 17.4. The summed E-state index contributed by atoms with van der Waals surface area (Å²) < 4.78 is 5.40. The van der Waals surface area contributed by atoms with E-state index >= 15 is 0 Å². The quantitative estimate of drug-likeness (QED) is 0.578. The Morgan fingerprint density at radius 1 is 1.16 bits per heavy atom. The standard InChI is InChI=1S/C25H30N4O2/c1-16-23-20(14-22(17-12-13-17)27-25(23)31-28-16)24(30)26-21-11-7-6-8-18(21)15-29(2)19-9-4-3-5-10-19/h6-8,11,14,17,19H,3-5,9-10,12-13,15H2,1-2H3,(H,26,30). The zero-order chi connectivity index (χ0) is 21.4. The molecule has 1 aromatic carbocycles. The molecule has 0 saturated heterocycles. The second-order valence-electron chi connectivity index (χ2n) is 9.14. The zero-order valence-electron chi connectivity index (χ0n) is 18.4. The number of nitrogens with zero attached hydrogens (tertiary/aromatic N) is 3. The smallest absolute Gasteiger partial charge is 0.259 e. The molecule has 0 spiro atoms. The van der Waals surface area contributed by atoms with Gasteiger partial charge in [0.25, 0.3) is 11.6 Å². The Morgan fingerprint density at radius 2 is 1.94 bits per heavy atom. The van der Waals surface area contributed by atoms with Gasteiger partial charge in [-0.15, -0.1) is 0 Å². The van der Waals surface area contributed by atoms with E-state index in [9.17, 15) is 4.79 Å². The van der Waals surface area contributed by atoms with E-state index in [1.807, 2.05) is 31.2 Å². The molecule has 0 radical (unpaired) electrons. The maximum atomic E-state index is 13.4. The molecule has 2 heterocycles. The lowest BCUT2D eigenvalue weighted by Gasteiger charge is -2.31. The monoisotopic (exact) mass is 418 g/mol. The first-order valence-corrected chi connectivity index (χ1v) is 11.5. The molecule has 2 fully saturated rings. The van der Waals surface area contributed by atoms with Crippen LogP contribution in [-0.2, 0) is 6.54 Å². The second kappa shape index (κ2) is 8.42. The molecule has 1 amide bonds. The molecule has 162 valence electrons. The van der Waals surface area contributed by atoms with E-state index < -0.39 is 0 Å². The number of hydrogen-bond donors (Lipinski definition) is 1. The molecule has 6 heteroatoms. The Bertz CT molecular complexity index is 1100. The van der Waals surface area contributed by atoms with E-state index in [-0.39, 0.29) is 5.91 Å². The molecule has 2 aliphatic rings. The molecule has 31 heavy (non-hydrogen) atoms. The molecule has 0 bridgehead atoms. The van der Waals surface area contributed by atoms with Crippen LogP contribution in [0.5, 0.6) is 0 Å². The number of hydrogen-bond acceptors (Lipinski definition) is 5. The number of aromatic nitrogens is 2. The summed E-state index contributed by atoms with van der Waals surface area (Å²) in [5, 5.41) is 7.93. The van der Waals surface area contributed by atoms with Crippen LogP contribution in [0.15, 0.2) is 34.9 Å². The van der Waals surface area contributed by atoms with Crippen LogP contribution in [0.1, 0.15) is 78.2 Å². The van der Waals surface area contributed by atoms with Crippen molar-refractivity contribution in [3.8, 4) is 0 Å². The Labute approximate surface area is 183 Å². The van der Waals surface area contributed by atoms with Crippen molar-refractivity contribution in [2.75, 3.05) is 12.4 Å². The Kier molecular flexibility index (Phi) is 5.48. The first kappa shape index (κ1) is 20.2. The number of carbonyl (C=O) groups excluding carboxylic acids is 1. The van der Waals surface area contributed by atoms with Crippen LogP contribution in [0.3, 0.4) is 0 Å². The fourth-order valence-corrected chi connectivity index (χ4v) is 4.77. The summed E-state index contributed by atoms with van der Waals surface area (Å²) in [5.74, 6) is 0.297. The summed E-state index contributed by atoms with van der Waals surface area (Å²) >= 11 is 0. The molecule has 0 aliphatic heterocycles. The molecule has 5 rings (SSSR count). The van der Waals surface area contributed by atoms with Crippen LogP contribution in [0.2, 0.25) is 0 Å². The number of rotatable bonds is 6. The maximum absolute atomic E-state index is 13.4. The summed E-state index contributed by atoms with van der Waals surface area (Å²) in [4.78, 5) is 20.4. The summed E-state index contributed by atoms with van der Waals surface area (Å²) in [5.41, 5.74) is 4.68. The molecular weight excluding hydrogens is 388 g/mol. The first-order valence-electron chi connectivity index (χ1n) is 11.5. The van der Waals surface area contributed by atoms with Crippen LogP contribution in [0.4, 0.5) is 5.69 Å². The van der Waals surface area contributed by atoms with Crippen molar-refractivity contribution in [3.05, 3.63) is 52.8 Å². The number of fused-ring (bicyclic) bond motifs is 1. The number of pyridine rings is 1. The van der Waals surface area contributed by atoms with E-state index in [0.29, 0.717) is 34.3 Å². The Morgan fingerprint density at radius 3 is 2.71 bits per heavy atom. The third kappa shape index (κ3) is 4.22. The summed E-state index contributed by atoms with van der Waals surface area (Å²) in [6, 6.07) is 10.7. The Balaban J connectivity index is 1.40. The predicted molar refractivity (Wildman–Crippen MR) is 121 cm³/mol. The molecule has 0 atom stereocenters. The third-order valence-corrected chi connectivity index (χ3v) is 6.76. The van der Waals surface area contributed by atoms with Gasteiger partial charge < -0.3 is 9.84 Å². The maximum Gasteiger partial charge on any atom is 0.259 e. The zero-order valence-corrected chi connectivity index (χ0v) is 18.4. The predicted octanol–water partition coefficient (Wildman–Crippen LogP) is 5.43. The van der Waals surface area contributed by atoms with Crippen molar-refractivity contribution < 1.29 is 9.32 Å². The average Bonchev–Trinajstić information content (AvgIpc) is 3.58. The van der Waals surface area contributed by atoms with Gasteiger partial charge in [-0.2, -0.15) is 0 Å². The fourth-order valence-electron chi connectivity index (χ4n) is 4.77. The van der Waals surface area contributed by atoms with Crippen LogP contribution in [0, 0.1) is 6.92 Å². The topological polar surface area (TPSA) is 71.3 Å². The van der Waals surface area contributed by atoms with E-state index in [4.69, 9.17) is 4.52 Å². The molecule has 6 nitrogen and oxygen atoms in total. The Hall–Kier alpha value is -2.73. The van der Waals surface area contributed by atoms with Crippen molar-refractivity contribution in [3.63, 3.8) is 0 Å². The van der Waals surface area contributed by atoms with Crippen LogP contribution >= 0.6 is 0 Å². The van der Waals surface area contributed by atoms with Gasteiger partial charge in [-0.1, -0.05) is 42.6 Å². The van der Waals surface area contributed by atoms with E-state index in [0.717, 1.165) is 36.3 Å². The largest absolute Gasteiger partial charge is 0.336 e. The van der Waals surface area contributed by atoms with Gasteiger partial charge in [0.2, 0.25) is 0 Å². The van der Waals surface area contributed by atoms with Crippen molar-refractivity contribution in [2.24, 2.45) is 0 Å². The first-order chi connectivity index (χ1) is 15.1. The number of para-hydroxylation sites is 1. The number of anilines is 1. The highest BCUT2D eigenvalue weighted by atomic mass is 16.5. The fraction of sp³-hybridized carbons (Fsp3) is 0.480. The molecule has 2 saturated carbocycles. The van der Waals surface area contributed by atoms with Gasteiger partial charge in [-0.05, 0) is 57.4 Å². The number of nitrogens with one attached hydrogen (secondary N) is 1. The third-order valence-electron chi connectivity index (χ3n) is 6.76. The van der Waals surface area contributed by atoms with E-state index in [1.54, 1.807) is 0 Å². The highest BCUT2D eigenvalue weighted by Crippen LogP contribution is 2.40. The lowest BCUT2D eigenvalue weighted by Crippen LogP contribution is -2.33. The minimum atomic E-state index is -0.131. The molecule has 2 aromatic heterocycles. The van der Waals surface area contributed by atoms with E-state index in [2.05, 4.69) is 33.5 Å². The number of carbonyl (C=O) groups is 1. The van der Waals surface area contributed by atoms with Crippen molar-refractivity contribution in [1.29, 1.82) is 0 Å². The van der Waals surface area contributed by atoms with Crippen molar-refractivity contribution in [1.82, 2.24) is 15.0 Å². The van der Waals surface area contributed by atoms with Gasteiger partial charge in [0.1, 0.15) is 0 Å². The summed E-state index contributed by atoms with van der Waals surface area (Å²) in [6.07, 6.45) is 8.72. The van der Waals surface area contributed by atoms with E-state index in [1.165, 1.54) is 32.1 Å². The second-order valence-corrected chi connectivity index (χ2v) is 9.14. The summed E-state index contributed by atoms with van der Waals surface area (Å²) in [6.45, 7) is 2.68. The van der Waals surface area contributed by atoms with Crippen molar-refractivity contribution in [2.45, 2.75) is 70.4 Å². The van der Waals surface area contributed by atoms with Gasteiger partial charge in [0.05, 0.1) is 16.6 Å². The molecule has 2 aliphatic carbocycles. The van der Waals surface area contributed by atoms with Crippen LogP contribution in [0.25, 0.3) is 11.1 Å². The minimum Gasteiger partial charge on any atom is -0.336 e. The SMILES string of the molecule is Cc1noc2nc(C3CC3)cc(C(=O)Nc3ccccc3CN(C)C3CCCCC3)c12. The highest BCUT2D eigenvalue weighted by molar-refractivity contribution is 6.12. The van der Waals surface area contributed by atoms with Crippen molar-refractivity contribution >= 4 is 22.7 Å². The molecule has 3 aromatic rings. The van der Waals surface area contributed by atoms with Crippen LogP contribution in [-0.4, -0.2) is 34.0 Å². The molecular formula is C25H30N4O2. The highest BCUT2D eigenvalue weighted by Gasteiger charge is 2.29. The number of benzene rings is 1. The number of aryl methyl sites for hydroxylation is 1. The average molecular weight is 419 g/mol. The molecule has 1 N–H and O–H groups in total. The van der Waals surface area contributed by atoms with Gasteiger partial charge in [0.15, 0.2) is 0 Å². The van der Waals surface area contributed by atoms with Crippen LogP contribution < -0.4 is 5.32 Å². The van der Waals surface area contributed by atoms with Gasteiger partial charge in [0, 0.05) is 29.9 Å². The van der Waals surface area contributed by atoms with Gasteiger partial charge in [-0.3, -0.25) is 9.69 Å². The minimum absolute atomic E-state index is 0.131. The number of amides is 1. The lowest BCUT2D eigenvalue weighted by atomic mass is 9.94. The molecule has 0 unspecified atom stereocenters. The lowest BCUT2D eigenvalue weighted by molar-refractivity contribution is 0.102. The van der Waals surface area contributed by atoms with Gasteiger partial charge >= 0.3 is 0 Å².